The van der Waals surface area contributed by atoms with Crippen molar-refractivity contribution < 1.29 is 27.4 Å². The normalized spacial score (nSPS) is 19.3. The number of carbonyl (C=O) groups excluding carboxylic acids is 1. The highest BCUT2D eigenvalue weighted by molar-refractivity contribution is 6.01. The van der Waals surface area contributed by atoms with Crippen molar-refractivity contribution in [1.82, 2.24) is 19.9 Å². The molecule has 1 unspecified atom stereocenters. The van der Waals surface area contributed by atoms with E-state index in [1.165, 1.54) is 0 Å². The summed E-state index contributed by atoms with van der Waals surface area (Å²) in [6, 6.07) is 2.70. The Balaban J connectivity index is 1.76. The topological polar surface area (TPSA) is 93.0 Å². The maximum absolute atomic E-state index is 13.9. The molecule has 1 amide bonds. The Kier molecular flexibility index (Phi) is 5.58. The van der Waals surface area contributed by atoms with Gasteiger partial charge in [0.05, 0.1) is 31.6 Å². The first-order chi connectivity index (χ1) is 14.8. The van der Waals surface area contributed by atoms with Crippen LogP contribution in [0.15, 0.2) is 29.6 Å². The van der Waals surface area contributed by atoms with Crippen LogP contribution in [-0.4, -0.2) is 59.9 Å². The molecule has 0 spiro atoms. The van der Waals surface area contributed by atoms with Crippen LogP contribution in [-0.2, 0) is 15.7 Å². The number of fused-ring (bicyclic) bond motifs is 1. The molecular formula is C19H21F3N6O3. The van der Waals surface area contributed by atoms with Gasteiger partial charge in [-0.2, -0.15) is 13.2 Å². The number of aryl methyl sites for hydroxylation is 1. The highest BCUT2D eigenvalue weighted by Gasteiger charge is 2.38. The quantitative estimate of drug-likeness (QED) is 0.765. The fourth-order valence-corrected chi connectivity index (χ4v) is 3.58. The molecule has 2 aliphatic heterocycles. The fraction of sp³-hybridized carbons (Fsp3) is 0.421. The molecule has 12 heteroatoms. The predicted molar refractivity (Wildman–Crippen MR) is 105 cm³/mol. The van der Waals surface area contributed by atoms with Crippen molar-refractivity contribution in [2.24, 2.45) is 5.10 Å². The van der Waals surface area contributed by atoms with Gasteiger partial charge in [-0.05, 0) is 24.6 Å². The fourth-order valence-electron chi connectivity index (χ4n) is 3.58. The molecule has 4 heterocycles. The molecule has 0 radical (unpaired) electrons. The van der Waals surface area contributed by atoms with E-state index in [9.17, 15) is 18.0 Å². The van der Waals surface area contributed by atoms with Crippen molar-refractivity contribution in [3.8, 4) is 0 Å². The van der Waals surface area contributed by atoms with E-state index >= 15 is 0 Å². The van der Waals surface area contributed by atoms with Gasteiger partial charge in [-0.3, -0.25) is 10.2 Å². The highest BCUT2D eigenvalue weighted by Crippen LogP contribution is 2.35. The number of carbonyl (C=O) groups is 1. The van der Waals surface area contributed by atoms with E-state index in [0.29, 0.717) is 26.3 Å². The summed E-state index contributed by atoms with van der Waals surface area (Å²) in [7, 11) is 1.11. The minimum Gasteiger partial charge on any atom is -0.453 e. The molecule has 2 N–H and O–H groups in total. The Hall–Kier alpha value is -3.12. The summed E-state index contributed by atoms with van der Waals surface area (Å²) < 4.78 is 53.0. The lowest BCUT2D eigenvalue weighted by Gasteiger charge is -2.37. The zero-order valence-corrected chi connectivity index (χ0v) is 16.9. The molecule has 1 saturated heterocycles. The number of methoxy groups -OCH3 is 1. The van der Waals surface area contributed by atoms with Gasteiger partial charge >= 0.3 is 12.3 Å². The number of hydrogen-bond donors (Lipinski definition) is 2. The van der Waals surface area contributed by atoms with E-state index in [2.05, 4.69) is 30.4 Å². The van der Waals surface area contributed by atoms with Gasteiger partial charge in [-0.15, -0.1) is 5.10 Å². The smallest absolute Gasteiger partial charge is 0.417 e. The molecule has 4 rings (SSSR count). The monoisotopic (exact) mass is 438 g/mol. The number of aromatic nitrogens is 2. The summed E-state index contributed by atoms with van der Waals surface area (Å²) in [6.07, 6.45) is -3.19. The van der Waals surface area contributed by atoms with Crippen LogP contribution in [0.2, 0.25) is 0 Å². The van der Waals surface area contributed by atoms with E-state index in [0.717, 1.165) is 30.6 Å². The zero-order valence-electron chi connectivity index (χ0n) is 16.9. The number of nitrogens with zero attached hydrogens (tertiary/aromatic N) is 4. The number of pyridine rings is 1. The van der Waals surface area contributed by atoms with Crippen LogP contribution in [0, 0.1) is 6.92 Å². The summed E-state index contributed by atoms with van der Waals surface area (Å²) in [6.45, 7) is 4.22. The number of hydrogen-bond acceptors (Lipinski definition) is 7. The van der Waals surface area contributed by atoms with Gasteiger partial charge in [0.2, 0.25) is 0 Å². The lowest BCUT2D eigenvalue weighted by atomic mass is 10.1. The second-order valence-electron chi connectivity index (χ2n) is 7.16. The van der Waals surface area contributed by atoms with Crippen LogP contribution in [0.3, 0.4) is 0 Å². The standard InChI is InChI=1S/C19H21F3N6O3/c1-11-7-14-17(27-3-5-31-6-4-27)25-16(26-28(14)10-11)12-9-23-15(24-18(29)30-2)8-13(12)19(20,21)22/h7-10,17H,3-6H2,1-2H3,(H,25,26)(H,23,24,29). The first kappa shape index (κ1) is 21.1. The van der Waals surface area contributed by atoms with Crippen LogP contribution in [0.4, 0.5) is 23.8 Å². The molecule has 1 atom stereocenters. The number of rotatable bonds is 3. The van der Waals surface area contributed by atoms with E-state index in [1.807, 2.05) is 13.0 Å². The van der Waals surface area contributed by atoms with E-state index in [4.69, 9.17) is 4.74 Å². The van der Waals surface area contributed by atoms with Gasteiger partial charge in [0, 0.05) is 31.0 Å². The van der Waals surface area contributed by atoms with Gasteiger partial charge in [-0.25, -0.2) is 14.5 Å². The molecule has 166 valence electrons. The van der Waals surface area contributed by atoms with Gasteiger partial charge in [-0.1, -0.05) is 0 Å². The Bertz CT molecular complexity index is 1010. The summed E-state index contributed by atoms with van der Waals surface area (Å²) in [5.74, 6) is -0.245. The number of amidine groups is 1. The van der Waals surface area contributed by atoms with Gasteiger partial charge in [0.15, 0.2) is 5.84 Å². The highest BCUT2D eigenvalue weighted by atomic mass is 19.4. The minimum atomic E-state index is -4.70. The molecule has 0 aromatic carbocycles. The number of nitrogens with one attached hydrogen (secondary N) is 2. The molecule has 2 aromatic rings. The Morgan fingerprint density at radius 3 is 2.74 bits per heavy atom. The van der Waals surface area contributed by atoms with Crippen LogP contribution in [0.5, 0.6) is 0 Å². The molecule has 0 bridgehead atoms. The van der Waals surface area contributed by atoms with E-state index in [1.54, 1.807) is 10.9 Å². The third kappa shape index (κ3) is 4.35. The Morgan fingerprint density at radius 1 is 1.32 bits per heavy atom. The van der Waals surface area contributed by atoms with Crippen molar-refractivity contribution in [2.45, 2.75) is 19.3 Å². The Labute approximate surface area is 175 Å². The van der Waals surface area contributed by atoms with Crippen LogP contribution in [0.25, 0.3) is 0 Å². The van der Waals surface area contributed by atoms with Crippen molar-refractivity contribution in [1.29, 1.82) is 0 Å². The summed E-state index contributed by atoms with van der Waals surface area (Å²) in [5, 5.41) is 9.67. The zero-order chi connectivity index (χ0) is 22.2. The number of alkyl halides is 3. The number of halogens is 3. The lowest BCUT2D eigenvalue weighted by Crippen LogP contribution is -2.49. The third-order valence-corrected chi connectivity index (χ3v) is 5.02. The molecule has 1 fully saturated rings. The SMILES string of the molecule is COC(=O)Nc1cc(C(F)(F)F)c(C2=Nn3cc(C)cc3C(N3CCOCC3)N2)cn1. The predicted octanol–water partition coefficient (Wildman–Crippen LogP) is 2.53. The molecule has 31 heavy (non-hydrogen) atoms. The second-order valence-corrected chi connectivity index (χ2v) is 7.16. The maximum Gasteiger partial charge on any atom is 0.417 e. The Morgan fingerprint density at radius 2 is 2.06 bits per heavy atom. The van der Waals surface area contributed by atoms with Gasteiger partial charge < -0.3 is 14.8 Å². The number of morpholine rings is 1. The molecule has 2 aromatic heterocycles. The van der Waals surface area contributed by atoms with Gasteiger partial charge in [0.1, 0.15) is 12.0 Å². The third-order valence-electron chi connectivity index (χ3n) is 5.02. The number of anilines is 1. The van der Waals surface area contributed by atoms with Gasteiger partial charge in [0.25, 0.3) is 0 Å². The lowest BCUT2D eigenvalue weighted by molar-refractivity contribution is -0.137. The van der Waals surface area contributed by atoms with Crippen molar-refractivity contribution in [2.75, 3.05) is 38.7 Å². The number of amides is 1. The van der Waals surface area contributed by atoms with E-state index in [-0.39, 0.29) is 23.4 Å². The van der Waals surface area contributed by atoms with Crippen molar-refractivity contribution >= 4 is 17.7 Å². The van der Waals surface area contributed by atoms with Crippen molar-refractivity contribution in [3.05, 3.63) is 46.9 Å². The number of ether oxygens (including phenoxy) is 2. The van der Waals surface area contributed by atoms with Crippen LogP contribution in [0.1, 0.15) is 28.6 Å². The average Bonchev–Trinajstić information content (AvgIpc) is 3.13. The minimum absolute atomic E-state index is 0.0315. The molecule has 9 nitrogen and oxygen atoms in total. The largest absolute Gasteiger partial charge is 0.453 e. The summed E-state index contributed by atoms with van der Waals surface area (Å²) in [4.78, 5) is 17.4. The first-order valence-electron chi connectivity index (χ1n) is 9.55. The summed E-state index contributed by atoms with van der Waals surface area (Å²) in [5.41, 5.74) is 0.562. The molecule has 2 aliphatic rings. The van der Waals surface area contributed by atoms with Crippen LogP contribution < -0.4 is 10.6 Å². The van der Waals surface area contributed by atoms with Crippen LogP contribution >= 0.6 is 0 Å². The first-order valence-corrected chi connectivity index (χ1v) is 9.55. The maximum atomic E-state index is 13.9. The average molecular weight is 438 g/mol. The van der Waals surface area contributed by atoms with Crippen molar-refractivity contribution in [3.63, 3.8) is 0 Å². The molecule has 0 saturated carbocycles. The summed E-state index contributed by atoms with van der Waals surface area (Å²) >= 11 is 0. The van der Waals surface area contributed by atoms with E-state index < -0.39 is 17.8 Å². The second kappa shape index (κ2) is 8.19. The molecule has 0 aliphatic carbocycles. The molecular weight excluding hydrogens is 417 g/mol.